The van der Waals surface area contributed by atoms with Crippen molar-refractivity contribution >= 4 is 11.6 Å². The van der Waals surface area contributed by atoms with Crippen molar-refractivity contribution in [3.63, 3.8) is 0 Å². The Morgan fingerprint density at radius 3 is 2.62 bits per heavy atom. The molecule has 1 aromatic carbocycles. The van der Waals surface area contributed by atoms with Gasteiger partial charge in [-0.05, 0) is 24.3 Å². The molecule has 1 amide bonds. The minimum absolute atomic E-state index is 0.125. The summed E-state index contributed by atoms with van der Waals surface area (Å²) in [7, 11) is 0. The molecule has 1 heterocycles. The molecule has 0 atom stereocenters. The van der Waals surface area contributed by atoms with Crippen LogP contribution in [-0.2, 0) is 11.3 Å². The number of hydrogen-bond donors (Lipinski definition) is 2. The maximum atomic E-state index is 10.9. The number of rotatable bonds is 3. The number of carbonyl (C=O) groups is 1. The molecule has 0 fully saturated rings. The van der Waals surface area contributed by atoms with Gasteiger partial charge in [0.1, 0.15) is 12.4 Å². The quantitative estimate of drug-likeness (QED) is 0.737. The van der Waals surface area contributed by atoms with Crippen molar-refractivity contribution in [2.75, 3.05) is 5.73 Å². The monoisotopic (exact) mass is 216 g/mol. The first kappa shape index (κ1) is 10.2. The van der Waals surface area contributed by atoms with E-state index in [0.717, 1.165) is 5.56 Å². The Balaban J connectivity index is 2.36. The molecular weight excluding hydrogens is 204 g/mol. The van der Waals surface area contributed by atoms with E-state index in [9.17, 15) is 4.79 Å². The first-order valence-electron chi connectivity index (χ1n) is 4.82. The number of hydrogen-bond acceptors (Lipinski definition) is 3. The molecule has 2 aromatic rings. The fourth-order valence-electron chi connectivity index (χ4n) is 1.50. The fraction of sp³-hybridized carbons (Fsp3) is 0.0909. The highest BCUT2D eigenvalue weighted by Gasteiger charge is 2.07. The first-order chi connectivity index (χ1) is 7.66. The second-order valence-corrected chi connectivity index (χ2v) is 3.47. The summed E-state index contributed by atoms with van der Waals surface area (Å²) in [4.78, 5) is 15.0. The van der Waals surface area contributed by atoms with Crippen LogP contribution in [0.15, 0.2) is 36.7 Å². The number of anilines is 1. The van der Waals surface area contributed by atoms with Gasteiger partial charge in [-0.15, -0.1) is 0 Å². The summed E-state index contributed by atoms with van der Waals surface area (Å²) >= 11 is 0. The van der Waals surface area contributed by atoms with Crippen molar-refractivity contribution in [3.05, 3.63) is 36.7 Å². The molecule has 82 valence electrons. The van der Waals surface area contributed by atoms with Crippen LogP contribution in [0.5, 0.6) is 0 Å². The molecule has 0 aliphatic carbocycles. The Hall–Kier alpha value is -2.30. The number of nitrogen functional groups attached to an aromatic ring is 1. The Morgan fingerprint density at radius 2 is 2.00 bits per heavy atom. The molecule has 4 N–H and O–H groups in total. The van der Waals surface area contributed by atoms with E-state index in [1.807, 2.05) is 12.1 Å². The average Bonchev–Trinajstić information content (AvgIpc) is 2.66. The Morgan fingerprint density at radius 1 is 1.31 bits per heavy atom. The summed E-state index contributed by atoms with van der Waals surface area (Å²) < 4.78 is 1.70. The lowest BCUT2D eigenvalue weighted by Crippen LogP contribution is -2.18. The second kappa shape index (κ2) is 4.06. The summed E-state index contributed by atoms with van der Waals surface area (Å²) in [6, 6.07) is 7.29. The van der Waals surface area contributed by atoms with E-state index < -0.39 is 5.91 Å². The van der Waals surface area contributed by atoms with Crippen molar-refractivity contribution in [1.82, 2.24) is 9.55 Å². The number of primary amides is 1. The lowest BCUT2D eigenvalue weighted by molar-refractivity contribution is -0.118. The van der Waals surface area contributed by atoms with Crippen molar-refractivity contribution < 1.29 is 4.79 Å². The van der Waals surface area contributed by atoms with Crippen molar-refractivity contribution in [2.45, 2.75) is 6.54 Å². The highest BCUT2D eigenvalue weighted by atomic mass is 16.1. The largest absolute Gasteiger partial charge is 0.399 e. The SMILES string of the molecule is NC(=O)Cn1ccnc1-c1ccc(N)cc1. The third-order valence-electron chi connectivity index (χ3n) is 2.21. The molecule has 1 aromatic heterocycles. The van der Waals surface area contributed by atoms with Crippen LogP contribution in [0.3, 0.4) is 0 Å². The number of aromatic nitrogens is 2. The van der Waals surface area contributed by atoms with Crippen molar-refractivity contribution in [3.8, 4) is 11.4 Å². The second-order valence-electron chi connectivity index (χ2n) is 3.47. The van der Waals surface area contributed by atoms with Crippen LogP contribution < -0.4 is 11.5 Å². The van der Waals surface area contributed by atoms with Gasteiger partial charge in [0.05, 0.1) is 0 Å². The van der Waals surface area contributed by atoms with Gasteiger partial charge in [0.2, 0.25) is 5.91 Å². The van der Waals surface area contributed by atoms with E-state index in [1.165, 1.54) is 0 Å². The van der Waals surface area contributed by atoms with Crippen LogP contribution in [0, 0.1) is 0 Å². The molecule has 0 saturated heterocycles. The predicted octanol–water partition coefficient (Wildman–Crippen LogP) is 0.618. The van der Waals surface area contributed by atoms with Crippen molar-refractivity contribution in [1.29, 1.82) is 0 Å². The lowest BCUT2D eigenvalue weighted by Gasteiger charge is -2.05. The average molecular weight is 216 g/mol. The molecule has 0 aliphatic heterocycles. The number of benzene rings is 1. The minimum Gasteiger partial charge on any atom is -0.399 e. The van der Waals surface area contributed by atoms with Gasteiger partial charge >= 0.3 is 0 Å². The zero-order valence-electron chi connectivity index (χ0n) is 8.63. The number of amides is 1. The normalized spacial score (nSPS) is 10.2. The van der Waals surface area contributed by atoms with Gasteiger partial charge < -0.3 is 16.0 Å². The van der Waals surface area contributed by atoms with E-state index in [-0.39, 0.29) is 6.54 Å². The molecule has 0 bridgehead atoms. The number of carbonyl (C=O) groups excluding carboxylic acids is 1. The Bertz CT molecular complexity index is 501. The van der Waals surface area contributed by atoms with Gasteiger partial charge in [-0.2, -0.15) is 0 Å². The van der Waals surface area contributed by atoms with Gasteiger partial charge in [0.15, 0.2) is 0 Å². The highest BCUT2D eigenvalue weighted by molar-refractivity contribution is 5.74. The highest BCUT2D eigenvalue weighted by Crippen LogP contribution is 2.18. The molecule has 0 radical (unpaired) electrons. The predicted molar refractivity (Wildman–Crippen MR) is 61.3 cm³/mol. The Labute approximate surface area is 92.7 Å². The molecule has 0 unspecified atom stereocenters. The fourth-order valence-corrected chi connectivity index (χ4v) is 1.50. The molecule has 5 nitrogen and oxygen atoms in total. The summed E-state index contributed by atoms with van der Waals surface area (Å²) in [6.07, 6.45) is 3.35. The van der Waals surface area contributed by atoms with E-state index in [1.54, 1.807) is 29.1 Å². The first-order valence-corrected chi connectivity index (χ1v) is 4.82. The van der Waals surface area contributed by atoms with E-state index in [0.29, 0.717) is 11.5 Å². The van der Waals surface area contributed by atoms with Gasteiger partial charge in [0, 0.05) is 23.6 Å². The van der Waals surface area contributed by atoms with Crippen LogP contribution in [-0.4, -0.2) is 15.5 Å². The molecule has 0 spiro atoms. The molecule has 0 aliphatic rings. The van der Waals surface area contributed by atoms with Gasteiger partial charge in [0.25, 0.3) is 0 Å². The molecular formula is C11H12N4O. The third-order valence-corrected chi connectivity index (χ3v) is 2.21. The van der Waals surface area contributed by atoms with Crippen LogP contribution in [0.25, 0.3) is 11.4 Å². The van der Waals surface area contributed by atoms with Gasteiger partial charge in [-0.1, -0.05) is 0 Å². The summed E-state index contributed by atoms with van der Waals surface area (Å²) in [5, 5.41) is 0. The van der Waals surface area contributed by atoms with E-state index >= 15 is 0 Å². The van der Waals surface area contributed by atoms with Crippen LogP contribution >= 0.6 is 0 Å². The summed E-state index contributed by atoms with van der Waals surface area (Å²) in [6.45, 7) is 0.125. The topological polar surface area (TPSA) is 86.9 Å². The zero-order valence-corrected chi connectivity index (χ0v) is 8.63. The number of nitrogens with zero attached hydrogens (tertiary/aromatic N) is 2. The van der Waals surface area contributed by atoms with Crippen LogP contribution in [0.2, 0.25) is 0 Å². The Kier molecular flexibility index (Phi) is 2.59. The summed E-state index contributed by atoms with van der Waals surface area (Å²) in [5.74, 6) is 0.313. The molecule has 16 heavy (non-hydrogen) atoms. The van der Waals surface area contributed by atoms with Crippen molar-refractivity contribution in [2.24, 2.45) is 5.73 Å². The van der Waals surface area contributed by atoms with Crippen LogP contribution in [0.1, 0.15) is 0 Å². The molecule has 5 heteroatoms. The summed E-state index contributed by atoms with van der Waals surface area (Å²) in [5.41, 5.74) is 12.3. The smallest absolute Gasteiger partial charge is 0.237 e. The van der Waals surface area contributed by atoms with E-state index in [4.69, 9.17) is 11.5 Å². The zero-order chi connectivity index (χ0) is 11.5. The number of imidazole rings is 1. The van der Waals surface area contributed by atoms with Crippen LogP contribution in [0.4, 0.5) is 5.69 Å². The van der Waals surface area contributed by atoms with E-state index in [2.05, 4.69) is 4.98 Å². The maximum Gasteiger partial charge on any atom is 0.237 e. The standard InChI is InChI=1S/C11H12N4O/c12-9-3-1-8(2-4-9)11-14-5-6-15(11)7-10(13)16/h1-6H,7,12H2,(H2,13,16). The van der Waals surface area contributed by atoms with Gasteiger partial charge in [-0.25, -0.2) is 4.98 Å². The lowest BCUT2D eigenvalue weighted by atomic mass is 10.2. The molecule has 2 rings (SSSR count). The van der Waals surface area contributed by atoms with Gasteiger partial charge in [-0.3, -0.25) is 4.79 Å². The maximum absolute atomic E-state index is 10.9. The minimum atomic E-state index is -0.394. The third kappa shape index (κ3) is 2.03. The number of nitrogens with two attached hydrogens (primary N) is 2. The molecule has 0 saturated carbocycles.